The zero-order chi connectivity index (χ0) is 22.8. The van der Waals surface area contributed by atoms with E-state index < -0.39 is 17.4 Å². The molecule has 0 aromatic heterocycles. The molecular formula is C16H36O12. The van der Waals surface area contributed by atoms with Crippen LogP contribution in [0.15, 0.2) is 0 Å². The van der Waals surface area contributed by atoms with E-state index in [0.29, 0.717) is 19.6 Å². The fourth-order valence-electron chi connectivity index (χ4n) is 0.930. The minimum absolute atomic E-state index is 0.0278. The van der Waals surface area contributed by atoms with E-state index >= 15 is 0 Å². The van der Waals surface area contributed by atoms with Crippen LogP contribution in [0.1, 0.15) is 26.2 Å². The third kappa shape index (κ3) is 32.3. The van der Waals surface area contributed by atoms with Crippen LogP contribution < -0.4 is 0 Å². The van der Waals surface area contributed by atoms with Crippen molar-refractivity contribution < 1.29 is 60.3 Å². The molecule has 12 nitrogen and oxygen atoms in total. The van der Waals surface area contributed by atoms with Crippen molar-refractivity contribution in [3.63, 3.8) is 0 Å². The number of rotatable bonds is 12. The van der Waals surface area contributed by atoms with Crippen molar-refractivity contribution >= 4 is 11.9 Å². The second-order valence-electron chi connectivity index (χ2n) is 5.12. The standard InChI is InChI=1S/C6H14O3.C4H6O4.C4H10O3.C2H6O2/c1-2-6(3-7,4-8)5-9;5-3(6)1-2-4(7)8;5-1-3-7-4-2-6;3-1-2-4/h7-9H,2-5H2,1H3;1-2H2,(H,5,6)(H,7,8);5-6H,1-4H2;3-4H,1-2H2. The largest absolute Gasteiger partial charge is 0.481 e. The highest BCUT2D eigenvalue weighted by molar-refractivity contribution is 5.75. The second-order valence-corrected chi connectivity index (χ2v) is 5.12. The molecule has 12 heteroatoms. The molecule has 0 rings (SSSR count). The first-order chi connectivity index (χ1) is 13.2. The Balaban J connectivity index is -0.000000142. The molecule has 0 saturated carbocycles. The highest BCUT2D eigenvalue weighted by atomic mass is 16.5. The molecule has 172 valence electrons. The minimum atomic E-state index is -1.08. The normalized spacial score (nSPS) is 9.71. The summed E-state index contributed by atoms with van der Waals surface area (Å²) in [5.41, 5.74) is -0.667. The SMILES string of the molecule is CCC(CO)(CO)CO.O=C(O)CCC(=O)O.OCCO.OCCOCCO. The van der Waals surface area contributed by atoms with Crippen LogP contribution in [0.5, 0.6) is 0 Å². The smallest absolute Gasteiger partial charge is 0.303 e. The van der Waals surface area contributed by atoms with Crippen molar-refractivity contribution in [2.24, 2.45) is 5.41 Å². The Hall–Kier alpha value is -1.38. The van der Waals surface area contributed by atoms with Crippen LogP contribution in [-0.4, -0.2) is 117 Å². The molecule has 0 atom stereocenters. The first kappa shape index (κ1) is 34.1. The Labute approximate surface area is 164 Å². The van der Waals surface area contributed by atoms with E-state index in [1.807, 2.05) is 6.92 Å². The number of carboxylic acids is 2. The lowest BCUT2D eigenvalue weighted by molar-refractivity contribution is -0.143. The molecule has 0 unspecified atom stereocenters. The van der Waals surface area contributed by atoms with Crippen LogP contribution in [-0.2, 0) is 14.3 Å². The highest BCUT2D eigenvalue weighted by Crippen LogP contribution is 2.18. The first-order valence-corrected chi connectivity index (χ1v) is 8.47. The van der Waals surface area contributed by atoms with Gasteiger partial charge in [-0.15, -0.1) is 0 Å². The molecule has 0 fully saturated rings. The fraction of sp³-hybridized carbons (Fsp3) is 0.875. The Morgan fingerprint density at radius 3 is 1.11 bits per heavy atom. The Morgan fingerprint density at radius 2 is 1.00 bits per heavy atom. The molecular weight excluding hydrogens is 384 g/mol. The van der Waals surface area contributed by atoms with Crippen molar-refractivity contribution in [3.8, 4) is 0 Å². The third-order valence-electron chi connectivity index (χ3n) is 2.88. The Kier molecular flexibility index (Phi) is 33.9. The van der Waals surface area contributed by atoms with Crippen LogP contribution in [0.25, 0.3) is 0 Å². The van der Waals surface area contributed by atoms with Crippen LogP contribution in [0.4, 0.5) is 0 Å². The van der Waals surface area contributed by atoms with E-state index in [4.69, 9.17) is 46.0 Å². The van der Waals surface area contributed by atoms with Crippen LogP contribution in [0, 0.1) is 5.41 Å². The molecule has 0 spiro atoms. The van der Waals surface area contributed by atoms with Crippen molar-refractivity contribution in [2.75, 3.05) is 59.5 Å². The number of aliphatic hydroxyl groups is 7. The van der Waals surface area contributed by atoms with Gasteiger partial charge in [0.05, 0.1) is 72.3 Å². The van der Waals surface area contributed by atoms with Crippen LogP contribution >= 0.6 is 0 Å². The van der Waals surface area contributed by atoms with Crippen molar-refractivity contribution in [1.82, 2.24) is 0 Å². The fourth-order valence-corrected chi connectivity index (χ4v) is 0.930. The summed E-state index contributed by atoms with van der Waals surface area (Å²) in [6.45, 7) is 1.80. The minimum Gasteiger partial charge on any atom is -0.481 e. The summed E-state index contributed by atoms with van der Waals surface area (Å²) in [4.78, 5) is 19.3. The summed E-state index contributed by atoms with van der Waals surface area (Å²) in [5.74, 6) is -2.15. The van der Waals surface area contributed by atoms with E-state index in [1.54, 1.807) is 0 Å². The third-order valence-corrected chi connectivity index (χ3v) is 2.88. The maximum Gasteiger partial charge on any atom is 0.303 e. The van der Waals surface area contributed by atoms with Gasteiger partial charge < -0.3 is 50.7 Å². The maximum atomic E-state index is 9.64. The second kappa shape index (κ2) is 27.8. The molecule has 0 aliphatic carbocycles. The lowest BCUT2D eigenvalue weighted by Crippen LogP contribution is -2.32. The summed E-state index contributed by atoms with van der Waals surface area (Å²) >= 11 is 0. The van der Waals surface area contributed by atoms with Gasteiger partial charge in [0.15, 0.2) is 0 Å². The van der Waals surface area contributed by atoms with E-state index in [0.717, 1.165) is 0 Å². The van der Waals surface area contributed by atoms with E-state index in [1.165, 1.54) is 0 Å². The zero-order valence-corrected chi connectivity index (χ0v) is 16.2. The number of aliphatic hydroxyl groups excluding tert-OH is 7. The van der Waals surface area contributed by atoms with Gasteiger partial charge in [-0.3, -0.25) is 9.59 Å². The molecule has 0 amide bonds. The maximum absolute atomic E-state index is 9.64. The molecule has 28 heavy (non-hydrogen) atoms. The molecule has 9 N–H and O–H groups in total. The van der Waals surface area contributed by atoms with Crippen molar-refractivity contribution in [2.45, 2.75) is 26.2 Å². The van der Waals surface area contributed by atoms with Crippen molar-refractivity contribution in [3.05, 3.63) is 0 Å². The van der Waals surface area contributed by atoms with Gasteiger partial charge in [-0.1, -0.05) is 6.92 Å². The number of aliphatic carboxylic acids is 2. The van der Waals surface area contributed by atoms with Crippen LogP contribution in [0.3, 0.4) is 0 Å². The highest BCUT2D eigenvalue weighted by Gasteiger charge is 2.24. The molecule has 0 bridgehead atoms. The predicted octanol–water partition coefficient (Wildman–Crippen LogP) is -2.75. The quantitative estimate of drug-likeness (QED) is 0.146. The summed E-state index contributed by atoms with van der Waals surface area (Å²) in [6, 6.07) is 0. The number of hydrogen-bond acceptors (Lipinski definition) is 10. The van der Waals surface area contributed by atoms with Gasteiger partial charge in [0.1, 0.15) is 0 Å². The predicted molar refractivity (Wildman–Crippen MR) is 97.6 cm³/mol. The van der Waals surface area contributed by atoms with Gasteiger partial charge in [0.2, 0.25) is 0 Å². The Morgan fingerprint density at radius 1 is 0.679 bits per heavy atom. The van der Waals surface area contributed by atoms with E-state index in [9.17, 15) is 9.59 Å². The molecule has 0 aromatic rings. The summed E-state index contributed by atoms with van der Waals surface area (Å²) in [6.07, 6.45) is 0.00116. The van der Waals surface area contributed by atoms with Gasteiger partial charge in [-0.2, -0.15) is 0 Å². The molecule has 0 radical (unpaired) electrons. The topological polar surface area (TPSA) is 225 Å². The van der Waals surface area contributed by atoms with Gasteiger partial charge >= 0.3 is 11.9 Å². The number of carbonyl (C=O) groups is 2. The monoisotopic (exact) mass is 420 g/mol. The molecule has 0 saturated heterocycles. The van der Waals surface area contributed by atoms with Crippen LogP contribution in [0.2, 0.25) is 0 Å². The molecule has 0 aromatic carbocycles. The van der Waals surface area contributed by atoms with Gasteiger partial charge in [-0.05, 0) is 6.42 Å². The number of hydrogen-bond donors (Lipinski definition) is 9. The zero-order valence-electron chi connectivity index (χ0n) is 16.2. The summed E-state index contributed by atoms with van der Waals surface area (Å²) in [5, 5.41) is 73.2. The number of ether oxygens (including phenoxy) is 1. The van der Waals surface area contributed by atoms with Gasteiger partial charge in [0.25, 0.3) is 0 Å². The Bertz CT molecular complexity index is 283. The van der Waals surface area contributed by atoms with E-state index in [2.05, 4.69) is 4.74 Å². The lowest BCUT2D eigenvalue weighted by Gasteiger charge is -2.24. The van der Waals surface area contributed by atoms with Gasteiger partial charge in [0, 0.05) is 5.41 Å². The number of carboxylic acid groups (broad SMARTS) is 2. The summed E-state index contributed by atoms with van der Waals surface area (Å²) in [7, 11) is 0. The molecule has 0 aliphatic heterocycles. The van der Waals surface area contributed by atoms with E-state index in [-0.39, 0.29) is 59.1 Å². The lowest BCUT2D eigenvalue weighted by atomic mass is 9.88. The van der Waals surface area contributed by atoms with Gasteiger partial charge in [-0.25, -0.2) is 0 Å². The average Bonchev–Trinajstić information content (AvgIpc) is 2.70. The molecule has 0 aliphatic rings. The molecule has 0 heterocycles. The summed E-state index contributed by atoms with van der Waals surface area (Å²) < 4.78 is 4.63. The first-order valence-electron chi connectivity index (χ1n) is 8.47. The van der Waals surface area contributed by atoms with Crippen molar-refractivity contribution in [1.29, 1.82) is 0 Å². The average molecular weight is 420 g/mol.